The molecule has 1 fully saturated rings. The molecule has 1 saturated heterocycles. The summed E-state index contributed by atoms with van der Waals surface area (Å²) < 4.78 is 21.3. The Morgan fingerprint density at radius 3 is 2.10 bits per heavy atom. The zero-order valence-corrected chi connectivity index (χ0v) is 35.8. The highest BCUT2D eigenvalue weighted by atomic mass is 16.5. The number of ketones is 2. The third-order valence-electron chi connectivity index (χ3n) is 9.37. The van der Waals surface area contributed by atoms with E-state index >= 15 is 0 Å². The van der Waals surface area contributed by atoms with Gasteiger partial charge in [0.25, 0.3) is 0 Å². The van der Waals surface area contributed by atoms with Crippen molar-refractivity contribution in [1.82, 2.24) is 26.6 Å². The number of carbonyl (C=O) groups excluding carboxylic acids is 7. The van der Waals surface area contributed by atoms with E-state index in [1.807, 2.05) is 0 Å². The SMILES string of the molecule is NCCOCCOCC(=O)CCCOCCOCC(=O)NCCCC[C@@H]1NC(=O)[C@H](Cc2ccccc2)CC(=O)[C@H](CC(=O)O)NC(=O)CNC(=O)[C@H](CCCN=C(N)N)NC1=O. The summed E-state index contributed by atoms with van der Waals surface area (Å²) in [4.78, 5) is 107. The first-order chi connectivity index (χ1) is 30.3. The third kappa shape index (κ3) is 25.2. The van der Waals surface area contributed by atoms with Crippen LogP contribution in [-0.4, -0.2) is 155 Å². The molecule has 2 rings (SSSR count). The fraction of sp³-hybridized carbons (Fsp3) is 0.634. The van der Waals surface area contributed by atoms with Gasteiger partial charge in [-0.05, 0) is 50.5 Å². The highest BCUT2D eigenvalue weighted by Crippen LogP contribution is 2.17. The lowest BCUT2D eigenvalue weighted by molar-refractivity contribution is -0.140. The molecule has 0 unspecified atom stereocenters. The van der Waals surface area contributed by atoms with Crippen molar-refractivity contribution in [1.29, 1.82) is 0 Å². The Labute approximate surface area is 366 Å². The lowest BCUT2D eigenvalue weighted by Gasteiger charge is -2.25. The van der Waals surface area contributed by atoms with Gasteiger partial charge in [-0.15, -0.1) is 0 Å². The summed E-state index contributed by atoms with van der Waals surface area (Å²) in [5.41, 5.74) is 16.9. The molecule has 0 saturated carbocycles. The van der Waals surface area contributed by atoms with Crippen LogP contribution in [0, 0.1) is 5.92 Å². The van der Waals surface area contributed by atoms with E-state index in [0.29, 0.717) is 64.2 Å². The fourth-order valence-corrected chi connectivity index (χ4v) is 6.17. The molecule has 0 aromatic heterocycles. The van der Waals surface area contributed by atoms with Gasteiger partial charge in [0.15, 0.2) is 17.5 Å². The molecule has 12 N–H and O–H groups in total. The Morgan fingerprint density at radius 1 is 0.746 bits per heavy atom. The van der Waals surface area contributed by atoms with Crippen LogP contribution in [0.3, 0.4) is 0 Å². The standard InChI is InChI=1S/C41H65N9O13/c42-13-17-61-19-20-62-26-30(51)10-7-16-60-18-21-63-27-36(54)45-14-5-4-11-32-40(59)50-31(12-6-15-46-41(43)44)39(58)47-25-35(53)48-33(24-37(55)56)34(52)23-29(38(57)49-32)22-28-8-2-1-3-9-28/h1-3,8-9,29,31-33H,4-7,10-27,42H2,(H,45,54)(H,47,58)(H,48,53)(H,49,57)(H,50,59)(H,55,56)(H4,43,44,46)/t29-,31+,32+,33+/m1/s1. The van der Waals surface area contributed by atoms with E-state index in [2.05, 4.69) is 31.6 Å². The average molecular weight is 892 g/mol. The minimum Gasteiger partial charge on any atom is -0.481 e. The topological polar surface area (TPSA) is 344 Å². The van der Waals surface area contributed by atoms with E-state index in [4.69, 9.17) is 36.1 Å². The van der Waals surface area contributed by atoms with Crippen molar-refractivity contribution in [3.63, 3.8) is 0 Å². The first kappa shape index (κ1) is 53.6. The Morgan fingerprint density at radius 2 is 1.40 bits per heavy atom. The summed E-state index contributed by atoms with van der Waals surface area (Å²) >= 11 is 0. The molecular formula is C41H65N9O13. The zero-order chi connectivity index (χ0) is 46.2. The predicted octanol–water partition coefficient (Wildman–Crippen LogP) is -2.42. The number of carboxylic acid groups (broad SMARTS) is 1. The predicted molar refractivity (Wildman–Crippen MR) is 228 cm³/mol. The van der Waals surface area contributed by atoms with E-state index < -0.39 is 78.8 Å². The number of hydrogen-bond donors (Lipinski definition) is 9. The highest BCUT2D eigenvalue weighted by molar-refractivity contribution is 5.98. The molecule has 63 heavy (non-hydrogen) atoms. The van der Waals surface area contributed by atoms with E-state index in [9.17, 15) is 43.5 Å². The molecule has 4 atom stereocenters. The molecule has 352 valence electrons. The van der Waals surface area contributed by atoms with Crippen LogP contribution < -0.4 is 43.8 Å². The van der Waals surface area contributed by atoms with E-state index in [-0.39, 0.29) is 82.9 Å². The second-order valence-electron chi connectivity index (χ2n) is 14.7. The molecule has 5 amide bonds. The maximum atomic E-state index is 14.0. The van der Waals surface area contributed by atoms with Crippen molar-refractivity contribution in [2.24, 2.45) is 28.1 Å². The molecule has 22 heteroatoms. The van der Waals surface area contributed by atoms with Gasteiger partial charge in [0.2, 0.25) is 29.5 Å². The van der Waals surface area contributed by atoms with Gasteiger partial charge >= 0.3 is 5.97 Å². The van der Waals surface area contributed by atoms with Gasteiger partial charge in [-0.3, -0.25) is 43.3 Å². The lowest BCUT2D eigenvalue weighted by atomic mass is 9.90. The van der Waals surface area contributed by atoms with Gasteiger partial charge in [-0.2, -0.15) is 0 Å². The second kappa shape index (κ2) is 32.2. The Balaban J connectivity index is 2.01. The molecule has 1 aromatic rings. The fourth-order valence-electron chi connectivity index (χ4n) is 6.17. The number of rotatable bonds is 29. The quantitative estimate of drug-likeness (QED) is 0.0230. The Kier molecular flexibility index (Phi) is 27.4. The highest BCUT2D eigenvalue weighted by Gasteiger charge is 2.33. The van der Waals surface area contributed by atoms with Gasteiger partial charge in [-0.1, -0.05) is 30.3 Å². The van der Waals surface area contributed by atoms with Crippen molar-refractivity contribution >= 4 is 53.0 Å². The van der Waals surface area contributed by atoms with Crippen LogP contribution in [0.4, 0.5) is 0 Å². The van der Waals surface area contributed by atoms with E-state index in [1.54, 1.807) is 30.3 Å². The zero-order valence-electron chi connectivity index (χ0n) is 35.8. The number of nitrogens with zero attached hydrogens (tertiary/aromatic N) is 1. The van der Waals surface area contributed by atoms with Crippen LogP contribution in [0.25, 0.3) is 0 Å². The van der Waals surface area contributed by atoms with Gasteiger partial charge in [-0.25, -0.2) is 0 Å². The minimum atomic E-state index is -1.50. The molecular weight excluding hydrogens is 827 g/mol. The molecule has 0 aliphatic carbocycles. The largest absolute Gasteiger partial charge is 0.481 e. The van der Waals surface area contributed by atoms with Crippen LogP contribution in [0.1, 0.15) is 63.4 Å². The van der Waals surface area contributed by atoms with E-state index in [1.165, 1.54) is 0 Å². The third-order valence-corrected chi connectivity index (χ3v) is 9.37. The number of hydrogen-bond acceptors (Lipinski definition) is 14. The number of amides is 5. The molecule has 1 aromatic carbocycles. The molecule has 1 aliphatic rings. The van der Waals surface area contributed by atoms with Crippen LogP contribution >= 0.6 is 0 Å². The van der Waals surface area contributed by atoms with Crippen molar-refractivity contribution in [3.05, 3.63) is 35.9 Å². The summed E-state index contributed by atoms with van der Waals surface area (Å²) in [5.74, 6) is -6.75. The molecule has 0 bridgehead atoms. The Hall–Kier alpha value is -5.55. The number of Topliss-reactive ketones (excluding diaryl/α,β-unsaturated/α-hetero) is 2. The number of unbranched alkanes of at least 4 members (excludes halogenated alkanes) is 1. The number of aliphatic imine (C=N–C) groups is 1. The number of aliphatic carboxylic acids is 1. The van der Waals surface area contributed by atoms with Crippen molar-refractivity contribution < 1.29 is 62.4 Å². The number of guanidine groups is 1. The molecule has 1 heterocycles. The van der Waals surface area contributed by atoms with Gasteiger partial charge in [0, 0.05) is 45.0 Å². The van der Waals surface area contributed by atoms with Crippen LogP contribution in [0.2, 0.25) is 0 Å². The normalized spacial score (nSPS) is 18.8. The summed E-state index contributed by atoms with van der Waals surface area (Å²) in [6, 6.07) is 4.88. The number of benzene rings is 1. The molecule has 0 spiro atoms. The maximum absolute atomic E-state index is 14.0. The first-order valence-corrected chi connectivity index (χ1v) is 21.1. The first-order valence-electron chi connectivity index (χ1n) is 21.1. The summed E-state index contributed by atoms with van der Waals surface area (Å²) in [7, 11) is 0. The van der Waals surface area contributed by atoms with E-state index in [0.717, 1.165) is 0 Å². The van der Waals surface area contributed by atoms with Crippen molar-refractivity contribution in [3.8, 4) is 0 Å². The van der Waals surface area contributed by atoms with Crippen LogP contribution in [0.15, 0.2) is 35.3 Å². The maximum Gasteiger partial charge on any atom is 0.305 e. The van der Waals surface area contributed by atoms with Gasteiger partial charge < -0.3 is 67.8 Å². The van der Waals surface area contributed by atoms with Crippen molar-refractivity contribution in [2.75, 3.05) is 79.0 Å². The number of carbonyl (C=O) groups is 8. The second-order valence-corrected chi connectivity index (χ2v) is 14.7. The number of carboxylic acids is 1. The monoisotopic (exact) mass is 891 g/mol. The Bertz CT molecular complexity index is 1630. The number of ether oxygens (including phenoxy) is 4. The number of nitrogens with two attached hydrogens (primary N) is 3. The summed E-state index contributed by atoms with van der Waals surface area (Å²) in [6.07, 6.45) is 0.717. The van der Waals surface area contributed by atoms with Crippen LogP contribution in [0.5, 0.6) is 0 Å². The van der Waals surface area contributed by atoms with Crippen molar-refractivity contribution in [2.45, 2.75) is 82.3 Å². The smallest absolute Gasteiger partial charge is 0.305 e. The average Bonchev–Trinajstić information content (AvgIpc) is 3.24. The number of nitrogens with one attached hydrogen (secondary N) is 5. The molecule has 22 nitrogen and oxygen atoms in total. The summed E-state index contributed by atoms with van der Waals surface area (Å²) in [5, 5.41) is 22.4. The van der Waals surface area contributed by atoms with Gasteiger partial charge in [0.1, 0.15) is 25.3 Å². The summed E-state index contributed by atoms with van der Waals surface area (Å²) in [6.45, 7) is 1.75. The molecule has 1 aliphatic heterocycles. The van der Waals surface area contributed by atoms with Gasteiger partial charge in [0.05, 0.1) is 52.0 Å². The molecule has 0 radical (unpaired) electrons. The van der Waals surface area contributed by atoms with Crippen LogP contribution in [-0.2, 0) is 63.7 Å². The minimum absolute atomic E-state index is 0.00183. The lowest BCUT2D eigenvalue weighted by Crippen LogP contribution is -2.55.